The molecule has 2 aromatic rings. The number of ether oxygens (including phenoxy) is 1. The number of hydrogen-bond donors (Lipinski definition) is 1. The van der Waals surface area contributed by atoms with Gasteiger partial charge in [0.25, 0.3) is 5.78 Å². The van der Waals surface area contributed by atoms with Crippen LogP contribution in [-0.4, -0.2) is 28.3 Å². The number of fused-ring (bicyclic) bond motifs is 1. The number of benzene rings is 1. The van der Waals surface area contributed by atoms with Gasteiger partial charge in [0.05, 0.1) is 17.6 Å². The molecule has 1 N–H and O–H groups in total. The third-order valence-electron chi connectivity index (χ3n) is 2.32. The molecule has 0 atom stereocenters. The lowest BCUT2D eigenvalue weighted by Gasteiger charge is -2.00. The largest absolute Gasteiger partial charge is 0.460 e. The van der Waals surface area contributed by atoms with Crippen molar-refractivity contribution in [2.75, 3.05) is 6.61 Å². The molecule has 2 rings (SSSR count). The van der Waals surface area contributed by atoms with Gasteiger partial charge in [0.15, 0.2) is 0 Å². The predicted molar refractivity (Wildman–Crippen MR) is 61.8 cm³/mol. The van der Waals surface area contributed by atoms with Crippen molar-refractivity contribution in [3.63, 3.8) is 0 Å². The van der Waals surface area contributed by atoms with E-state index in [0.717, 1.165) is 16.9 Å². The number of ketones is 1. The van der Waals surface area contributed by atoms with Gasteiger partial charge in [0.1, 0.15) is 5.82 Å². The van der Waals surface area contributed by atoms with E-state index in [1.165, 1.54) is 0 Å². The Hall–Kier alpha value is -2.17. The molecule has 0 aliphatic heterocycles. The monoisotopic (exact) mass is 232 g/mol. The second-order valence-corrected chi connectivity index (χ2v) is 3.60. The Balaban J connectivity index is 2.35. The number of rotatable bonds is 3. The topological polar surface area (TPSA) is 72.1 Å². The molecular formula is C12H12N2O3. The number of aromatic nitrogens is 2. The Morgan fingerprint density at radius 3 is 2.88 bits per heavy atom. The van der Waals surface area contributed by atoms with Crippen molar-refractivity contribution in [3.05, 3.63) is 29.6 Å². The van der Waals surface area contributed by atoms with E-state index >= 15 is 0 Å². The van der Waals surface area contributed by atoms with Crippen molar-refractivity contribution >= 4 is 22.8 Å². The van der Waals surface area contributed by atoms with Crippen molar-refractivity contribution < 1.29 is 14.3 Å². The molecule has 0 saturated heterocycles. The van der Waals surface area contributed by atoms with Gasteiger partial charge in [-0.3, -0.25) is 4.79 Å². The number of H-pyrrole nitrogens is 1. The molecule has 0 amide bonds. The second kappa shape index (κ2) is 4.37. The normalized spacial score (nSPS) is 10.5. The first kappa shape index (κ1) is 11.3. The minimum absolute atomic E-state index is 0.190. The summed E-state index contributed by atoms with van der Waals surface area (Å²) in [6.07, 6.45) is 0. The van der Waals surface area contributed by atoms with Crippen LogP contribution in [0.25, 0.3) is 11.0 Å². The summed E-state index contributed by atoms with van der Waals surface area (Å²) in [6.45, 7) is 3.68. The number of imidazole rings is 1. The maximum Gasteiger partial charge on any atom is 0.379 e. The lowest BCUT2D eigenvalue weighted by Crippen LogP contribution is -2.17. The zero-order valence-corrected chi connectivity index (χ0v) is 9.61. The Morgan fingerprint density at radius 2 is 2.18 bits per heavy atom. The van der Waals surface area contributed by atoms with Crippen LogP contribution in [0.2, 0.25) is 0 Å². The summed E-state index contributed by atoms with van der Waals surface area (Å²) in [5, 5.41) is 0. The number of aromatic amines is 1. The summed E-state index contributed by atoms with van der Waals surface area (Å²) < 4.78 is 4.66. The highest BCUT2D eigenvalue weighted by atomic mass is 16.5. The highest BCUT2D eigenvalue weighted by molar-refractivity contribution is 6.40. The van der Waals surface area contributed by atoms with Crippen molar-refractivity contribution in [2.24, 2.45) is 0 Å². The zero-order valence-electron chi connectivity index (χ0n) is 9.61. The first-order valence-electron chi connectivity index (χ1n) is 5.29. The quantitative estimate of drug-likeness (QED) is 0.496. The van der Waals surface area contributed by atoms with E-state index in [1.807, 2.05) is 6.92 Å². The number of esters is 1. The minimum Gasteiger partial charge on any atom is -0.460 e. The summed E-state index contributed by atoms with van der Waals surface area (Å²) >= 11 is 0. The van der Waals surface area contributed by atoms with Gasteiger partial charge in [-0.05, 0) is 32.0 Å². The molecule has 1 aromatic carbocycles. The first-order chi connectivity index (χ1) is 8.11. The molecule has 0 spiro atoms. The smallest absolute Gasteiger partial charge is 0.379 e. The van der Waals surface area contributed by atoms with E-state index in [9.17, 15) is 9.59 Å². The van der Waals surface area contributed by atoms with Crippen LogP contribution in [0.5, 0.6) is 0 Å². The maximum absolute atomic E-state index is 11.7. The molecule has 1 aromatic heterocycles. The highest BCUT2D eigenvalue weighted by Gasteiger charge is 2.17. The lowest BCUT2D eigenvalue weighted by molar-refractivity contribution is -0.137. The summed E-state index contributed by atoms with van der Waals surface area (Å²) in [7, 11) is 0. The van der Waals surface area contributed by atoms with Gasteiger partial charge in [-0.25, -0.2) is 9.78 Å². The number of carbonyl (C=O) groups excluding carboxylic acids is 2. The molecule has 0 fully saturated rings. The molecule has 1 heterocycles. The molecule has 0 bridgehead atoms. The Kier molecular flexibility index (Phi) is 2.91. The standard InChI is InChI=1S/C12H12N2O3/c1-3-17-12(16)11(15)8-4-5-9-10(6-8)14-7(2)13-9/h4-6H,3H2,1-2H3,(H,13,14). The Morgan fingerprint density at radius 1 is 1.41 bits per heavy atom. The number of nitrogens with one attached hydrogen (secondary N) is 1. The molecule has 0 unspecified atom stereocenters. The maximum atomic E-state index is 11.7. The van der Waals surface area contributed by atoms with Crippen LogP contribution < -0.4 is 0 Å². The van der Waals surface area contributed by atoms with Gasteiger partial charge in [0.2, 0.25) is 0 Å². The van der Waals surface area contributed by atoms with Gasteiger partial charge < -0.3 is 9.72 Å². The fourth-order valence-corrected chi connectivity index (χ4v) is 1.59. The first-order valence-corrected chi connectivity index (χ1v) is 5.29. The molecule has 0 saturated carbocycles. The van der Waals surface area contributed by atoms with E-state index in [1.54, 1.807) is 25.1 Å². The minimum atomic E-state index is -0.830. The summed E-state index contributed by atoms with van der Waals surface area (Å²) in [5.74, 6) is -0.704. The number of hydrogen-bond acceptors (Lipinski definition) is 4. The average Bonchev–Trinajstić information content (AvgIpc) is 2.67. The van der Waals surface area contributed by atoms with Crippen molar-refractivity contribution in [2.45, 2.75) is 13.8 Å². The fourth-order valence-electron chi connectivity index (χ4n) is 1.59. The van der Waals surface area contributed by atoms with E-state index in [0.29, 0.717) is 5.56 Å². The number of carbonyl (C=O) groups is 2. The molecule has 0 aliphatic rings. The van der Waals surface area contributed by atoms with Gasteiger partial charge in [-0.2, -0.15) is 0 Å². The highest BCUT2D eigenvalue weighted by Crippen LogP contribution is 2.14. The molecule has 0 aliphatic carbocycles. The van der Waals surface area contributed by atoms with Crippen molar-refractivity contribution in [3.8, 4) is 0 Å². The van der Waals surface area contributed by atoms with Crippen LogP contribution in [0.4, 0.5) is 0 Å². The molecule has 0 radical (unpaired) electrons. The third kappa shape index (κ3) is 2.18. The van der Waals surface area contributed by atoms with Crippen LogP contribution in [0.1, 0.15) is 23.1 Å². The van der Waals surface area contributed by atoms with Crippen molar-refractivity contribution in [1.29, 1.82) is 0 Å². The number of Topliss-reactive ketones (excluding diaryl/α,β-unsaturated/α-hetero) is 1. The van der Waals surface area contributed by atoms with Gasteiger partial charge >= 0.3 is 5.97 Å². The Bertz CT molecular complexity index is 586. The molecule has 17 heavy (non-hydrogen) atoms. The molecule has 5 nitrogen and oxygen atoms in total. The van der Waals surface area contributed by atoms with E-state index in [2.05, 4.69) is 14.7 Å². The lowest BCUT2D eigenvalue weighted by atomic mass is 10.1. The molecular weight excluding hydrogens is 220 g/mol. The predicted octanol–water partition coefficient (Wildman–Crippen LogP) is 1.62. The van der Waals surface area contributed by atoms with Crippen LogP contribution in [0, 0.1) is 6.92 Å². The van der Waals surface area contributed by atoms with Gasteiger partial charge in [0, 0.05) is 5.56 Å². The van der Waals surface area contributed by atoms with Crippen LogP contribution in [0.15, 0.2) is 18.2 Å². The number of aryl methyl sites for hydroxylation is 1. The SMILES string of the molecule is CCOC(=O)C(=O)c1ccc2nc(C)[nH]c2c1. The van der Waals surface area contributed by atoms with E-state index in [4.69, 9.17) is 0 Å². The van der Waals surface area contributed by atoms with Crippen LogP contribution >= 0.6 is 0 Å². The van der Waals surface area contributed by atoms with Crippen LogP contribution in [-0.2, 0) is 9.53 Å². The summed E-state index contributed by atoms with van der Waals surface area (Å²) in [5.41, 5.74) is 1.81. The summed E-state index contributed by atoms with van der Waals surface area (Å²) in [4.78, 5) is 30.2. The van der Waals surface area contributed by atoms with Gasteiger partial charge in [-0.1, -0.05) is 0 Å². The van der Waals surface area contributed by atoms with Crippen LogP contribution in [0.3, 0.4) is 0 Å². The number of nitrogens with zero attached hydrogens (tertiary/aromatic N) is 1. The van der Waals surface area contributed by atoms with Gasteiger partial charge in [-0.15, -0.1) is 0 Å². The Labute approximate surface area is 97.8 Å². The third-order valence-corrected chi connectivity index (χ3v) is 2.32. The molecule has 88 valence electrons. The molecule has 5 heteroatoms. The zero-order chi connectivity index (χ0) is 12.4. The average molecular weight is 232 g/mol. The second-order valence-electron chi connectivity index (χ2n) is 3.60. The fraction of sp³-hybridized carbons (Fsp3) is 0.250. The van der Waals surface area contributed by atoms with Crippen molar-refractivity contribution in [1.82, 2.24) is 9.97 Å². The summed E-state index contributed by atoms with van der Waals surface area (Å²) in [6, 6.07) is 4.88. The van der Waals surface area contributed by atoms with E-state index in [-0.39, 0.29) is 6.61 Å². The van der Waals surface area contributed by atoms with E-state index < -0.39 is 11.8 Å².